The van der Waals surface area contributed by atoms with Gasteiger partial charge in [-0.2, -0.15) is 0 Å². The summed E-state index contributed by atoms with van der Waals surface area (Å²) in [6.45, 7) is 0. The summed E-state index contributed by atoms with van der Waals surface area (Å²) in [5.74, 6) is 0. The maximum atomic E-state index is 6.18. The van der Waals surface area contributed by atoms with Crippen LogP contribution >= 0.6 is 39.1 Å². The van der Waals surface area contributed by atoms with Crippen LogP contribution in [0.4, 0.5) is 0 Å². The first-order chi connectivity index (χ1) is 8.58. The first kappa shape index (κ1) is 13.8. The van der Waals surface area contributed by atoms with Crippen LogP contribution in [0.3, 0.4) is 0 Å². The molecule has 2 N–H and O–H groups in total. The van der Waals surface area contributed by atoms with Crippen molar-refractivity contribution in [2.45, 2.75) is 12.5 Å². The van der Waals surface area contributed by atoms with E-state index in [-0.39, 0.29) is 6.04 Å². The molecule has 0 amide bonds. The lowest BCUT2D eigenvalue weighted by Crippen LogP contribution is -2.14. The number of nitrogens with two attached hydrogens (primary N) is 1. The predicted octanol–water partition coefficient (Wildman–Crippen LogP) is 4.39. The van der Waals surface area contributed by atoms with E-state index in [9.17, 15) is 0 Å². The van der Waals surface area contributed by atoms with Crippen LogP contribution in [0.5, 0.6) is 0 Å². The van der Waals surface area contributed by atoms with E-state index in [4.69, 9.17) is 28.9 Å². The Balaban J connectivity index is 2.22. The predicted molar refractivity (Wildman–Crippen MR) is 79.0 cm³/mol. The zero-order valence-electron chi connectivity index (χ0n) is 9.41. The molecule has 0 radical (unpaired) electrons. The van der Waals surface area contributed by atoms with Crippen LogP contribution in [0.15, 0.2) is 41.1 Å². The van der Waals surface area contributed by atoms with Gasteiger partial charge in [-0.1, -0.05) is 45.2 Å². The Hall–Kier alpha value is -0.610. The Morgan fingerprint density at radius 3 is 2.67 bits per heavy atom. The minimum Gasteiger partial charge on any atom is -0.324 e. The third-order valence-electron chi connectivity index (χ3n) is 2.66. The molecule has 94 valence electrons. The van der Waals surface area contributed by atoms with E-state index < -0.39 is 0 Å². The molecule has 1 atom stereocenters. The van der Waals surface area contributed by atoms with Crippen molar-refractivity contribution in [3.8, 4) is 0 Å². The third-order valence-corrected chi connectivity index (χ3v) is 3.82. The normalized spacial score (nSPS) is 12.4. The van der Waals surface area contributed by atoms with Crippen molar-refractivity contribution in [1.82, 2.24) is 4.98 Å². The fourth-order valence-electron chi connectivity index (χ4n) is 1.72. The number of nitrogens with zero attached hydrogens (tertiary/aromatic N) is 1. The number of hydrogen-bond donors (Lipinski definition) is 1. The molecule has 0 fully saturated rings. The number of rotatable bonds is 3. The van der Waals surface area contributed by atoms with Gasteiger partial charge in [-0.25, -0.2) is 0 Å². The SMILES string of the molecule is NC(Cc1ccncc1Cl)c1ccc(Br)cc1Cl. The van der Waals surface area contributed by atoms with Crippen LogP contribution in [0.25, 0.3) is 0 Å². The van der Waals surface area contributed by atoms with Gasteiger partial charge in [0.1, 0.15) is 0 Å². The van der Waals surface area contributed by atoms with Crippen molar-refractivity contribution < 1.29 is 0 Å². The molecular formula is C13H11BrCl2N2. The number of benzene rings is 1. The van der Waals surface area contributed by atoms with E-state index in [1.165, 1.54) is 0 Å². The molecule has 1 aromatic heterocycles. The Morgan fingerprint density at radius 1 is 1.22 bits per heavy atom. The van der Waals surface area contributed by atoms with E-state index >= 15 is 0 Å². The van der Waals surface area contributed by atoms with Crippen LogP contribution < -0.4 is 5.73 Å². The molecule has 1 aromatic carbocycles. The average molecular weight is 346 g/mol. The van der Waals surface area contributed by atoms with E-state index in [1.54, 1.807) is 12.4 Å². The Bertz CT molecular complexity index is 560. The third kappa shape index (κ3) is 3.23. The number of halogens is 3. The Labute approximate surface area is 124 Å². The van der Waals surface area contributed by atoms with Gasteiger partial charge in [0.25, 0.3) is 0 Å². The standard InChI is InChI=1S/C13H11BrCl2N2/c14-9-1-2-10(11(15)6-9)13(17)5-8-3-4-18-7-12(8)16/h1-4,6-7,13H,5,17H2. The van der Waals surface area contributed by atoms with Gasteiger partial charge in [0.2, 0.25) is 0 Å². The first-order valence-electron chi connectivity index (χ1n) is 5.37. The lowest BCUT2D eigenvalue weighted by molar-refractivity contribution is 0.721. The maximum absolute atomic E-state index is 6.18. The highest BCUT2D eigenvalue weighted by Gasteiger charge is 2.12. The quantitative estimate of drug-likeness (QED) is 0.895. The number of pyridine rings is 1. The Kier molecular flexibility index (Phi) is 4.62. The van der Waals surface area contributed by atoms with Gasteiger partial charge in [0.15, 0.2) is 0 Å². The fourth-order valence-corrected chi connectivity index (χ4v) is 2.73. The summed E-state index contributed by atoms with van der Waals surface area (Å²) in [5, 5.41) is 1.28. The van der Waals surface area contributed by atoms with Gasteiger partial charge in [-0.15, -0.1) is 0 Å². The van der Waals surface area contributed by atoms with Crippen molar-refractivity contribution in [3.05, 3.63) is 62.3 Å². The van der Waals surface area contributed by atoms with Crippen LogP contribution in [0.1, 0.15) is 17.2 Å². The monoisotopic (exact) mass is 344 g/mol. The van der Waals surface area contributed by atoms with Gasteiger partial charge in [0.05, 0.1) is 5.02 Å². The van der Waals surface area contributed by atoms with Crippen LogP contribution in [-0.4, -0.2) is 4.98 Å². The smallest absolute Gasteiger partial charge is 0.0622 e. The van der Waals surface area contributed by atoms with Crippen molar-refractivity contribution in [2.24, 2.45) is 5.73 Å². The molecule has 1 heterocycles. The largest absolute Gasteiger partial charge is 0.324 e. The van der Waals surface area contributed by atoms with Gasteiger partial charge in [-0.3, -0.25) is 4.98 Å². The molecule has 0 aliphatic carbocycles. The highest BCUT2D eigenvalue weighted by atomic mass is 79.9. The summed E-state index contributed by atoms with van der Waals surface area (Å²) in [6.07, 6.45) is 3.95. The summed E-state index contributed by atoms with van der Waals surface area (Å²) in [7, 11) is 0. The molecule has 5 heteroatoms. The molecule has 0 aliphatic rings. The van der Waals surface area contributed by atoms with E-state index in [1.807, 2.05) is 24.3 Å². The molecule has 0 bridgehead atoms. The maximum Gasteiger partial charge on any atom is 0.0622 e. The molecule has 0 saturated heterocycles. The van der Waals surface area contributed by atoms with Crippen molar-refractivity contribution in [2.75, 3.05) is 0 Å². The number of hydrogen-bond acceptors (Lipinski definition) is 2. The minimum absolute atomic E-state index is 0.189. The molecule has 0 aliphatic heterocycles. The molecule has 18 heavy (non-hydrogen) atoms. The lowest BCUT2D eigenvalue weighted by Gasteiger charge is -2.14. The summed E-state index contributed by atoms with van der Waals surface area (Å²) in [5.41, 5.74) is 8.05. The average Bonchev–Trinajstić information content (AvgIpc) is 2.32. The number of aromatic nitrogens is 1. The second kappa shape index (κ2) is 6.02. The van der Waals surface area contributed by atoms with Crippen LogP contribution in [-0.2, 0) is 6.42 Å². The van der Waals surface area contributed by atoms with Gasteiger partial charge < -0.3 is 5.73 Å². The van der Waals surface area contributed by atoms with Gasteiger partial charge >= 0.3 is 0 Å². The molecular weight excluding hydrogens is 335 g/mol. The topological polar surface area (TPSA) is 38.9 Å². The second-order valence-corrected chi connectivity index (χ2v) is 5.67. The first-order valence-corrected chi connectivity index (χ1v) is 6.91. The highest BCUT2D eigenvalue weighted by molar-refractivity contribution is 9.10. The Morgan fingerprint density at radius 2 is 2.00 bits per heavy atom. The van der Waals surface area contributed by atoms with Crippen LogP contribution in [0, 0.1) is 0 Å². The molecule has 0 spiro atoms. The highest BCUT2D eigenvalue weighted by Crippen LogP contribution is 2.28. The summed E-state index contributed by atoms with van der Waals surface area (Å²) in [6, 6.07) is 7.37. The molecule has 1 unspecified atom stereocenters. The summed E-state index contributed by atoms with van der Waals surface area (Å²) < 4.78 is 0.936. The zero-order valence-corrected chi connectivity index (χ0v) is 12.5. The van der Waals surface area contributed by atoms with Gasteiger partial charge in [0, 0.05) is 27.9 Å². The summed E-state index contributed by atoms with van der Waals surface area (Å²) in [4.78, 5) is 3.95. The van der Waals surface area contributed by atoms with Gasteiger partial charge in [-0.05, 0) is 35.7 Å². The van der Waals surface area contributed by atoms with E-state index in [0.29, 0.717) is 16.5 Å². The summed E-state index contributed by atoms with van der Waals surface area (Å²) >= 11 is 15.6. The lowest BCUT2D eigenvalue weighted by atomic mass is 10.0. The molecule has 0 saturated carbocycles. The fraction of sp³-hybridized carbons (Fsp3) is 0.154. The molecule has 2 nitrogen and oxygen atoms in total. The van der Waals surface area contributed by atoms with E-state index in [2.05, 4.69) is 20.9 Å². The van der Waals surface area contributed by atoms with Crippen molar-refractivity contribution >= 4 is 39.1 Å². The van der Waals surface area contributed by atoms with E-state index in [0.717, 1.165) is 15.6 Å². The minimum atomic E-state index is -0.189. The molecule has 2 aromatic rings. The van der Waals surface area contributed by atoms with Crippen molar-refractivity contribution in [3.63, 3.8) is 0 Å². The second-order valence-electron chi connectivity index (χ2n) is 3.94. The molecule has 2 rings (SSSR count). The van der Waals surface area contributed by atoms with Crippen molar-refractivity contribution in [1.29, 1.82) is 0 Å². The van der Waals surface area contributed by atoms with Crippen LogP contribution in [0.2, 0.25) is 10.0 Å². The zero-order chi connectivity index (χ0) is 13.1.